The number of hydrogen-bond acceptors (Lipinski definition) is 4. The average molecular weight is 486 g/mol. The molecule has 0 radical (unpaired) electrons. The molecule has 34 heavy (non-hydrogen) atoms. The number of nitrogens with zero attached hydrogens (tertiary/aromatic N) is 1. The highest BCUT2D eigenvalue weighted by molar-refractivity contribution is 6.32. The number of benzene rings is 3. The predicted molar refractivity (Wildman–Crippen MR) is 121 cm³/mol. The molecule has 7 nitrogen and oxygen atoms in total. The smallest absolute Gasteiger partial charge is 0.325 e. The molecule has 1 aliphatic heterocycles. The van der Waals surface area contributed by atoms with Crippen LogP contribution in [0.15, 0.2) is 66.7 Å². The Hall–Kier alpha value is -3.98. The van der Waals surface area contributed by atoms with Crippen molar-refractivity contribution in [3.8, 4) is 11.5 Å². The second-order valence-electron chi connectivity index (χ2n) is 7.68. The summed E-state index contributed by atoms with van der Waals surface area (Å²) >= 11 is 6.07. The van der Waals surface area contributed by atoms with Gasteiger partial charge in [0.25, 0.3) is 5.91 Å². The quantitative estimate of drug-likeness (QED) is 0.490. The number of anilines is 1. The molecule has 4 rings (SSSR count). The molecule has 3 aromatic carbocycles. The van der Waals surface area contributed by atoms with Gasteiger partial charge in [0.05, 0.1) is 5.02 Å². The molecule has 174 valence electrons. The van der Waals surface area contributed by atoms with Crippen LogP contribution in [0.3, 0.4) is 0 Å². The van der Waals surface area contributed by atoms with Gasteiger partial charge in [-0.05, 0) is 61.0 Å². The molecule has 4 amide bonds. The first kappa shape index (κ1) is 23.2. The Morgan fingerprint density at radius 3 is 2.44 bits per heavy atom. The molecule has 1 unspecified atom stereocenters. The van der Waals surface area contributed by atoms with Gasteiger partial charge in [0.1, 0.15) is 23.6 Å². The Morgan fingerprint density at radius 2 is 1.76 bits per heavy atom. The lowest BCUT2D eigenvalue weighted by Crippen LogP contribution is -2.42. The van der Waals surface area contributed by atoms with Gasteiger partial charge in [0.2, 0.25) is 5.91 Å². The number of para-hydroxylation sites is 1. The first-order valence-electron chi connectivity index (χ1n) is 10.1. The summed E-state index contributed by atoms with van der Waals surface area (Å²) in [7, 11) is 0. The lowest BCUT2D eigenvalue weighted by molar-refractivity contribution is -0.133. The fourth-order valence-corrected chi connectivity index (χ4v) is 3.62. The van der Waals surface area contributed by atoms with Gasteiger partial charge in [0.15, 0.2) is 11.6 Å². The first-order chi connectivity index (χ1) is 16.2. The topological polar surface area (TPSA) is 87.7 Å². The highest BCUT2D eigenvalue weighted by atomic mass is 35.5. The summed E-state index contributed by atoms with van der Waals surface area (Å²) in [5.74, 6) is -2.66. The van der Waals surface area contributed by atoms with Crippen molar-refractivity contribution in [2.24, 2.45) is 0 Å². The molecule has 0 bridgehead atoms. The van der Waals surface area contributed by atoms with E-state index in [0.717, 1.165) is 12.1 Å². The van der Waals surface area contributed by atoms with Crippen LogP contribution in [0.1, 0.15) is 12.5 Å². The van der Waals surface area contributed by atoms with Crippen molar-refractivity contribution in [1.82, 2.24) is 10.2 Å². The highest BCUT2D eigenvalue weighted by Crippen LogP contribution is 2.31. The van der Waals surface area contributed by atoms with Crippen LogP contribution < -0.4 is 15.4 Å². The third-order valence-electron chi connectivity index (χ3n) is 5.28. The van der Waals surface area contributed by atoms with E-state index in [9.17, 15) is 23.2 Å². The summed E-state index contributed by atoms with van der Waals surface area (Å²) in [5, 5.41) is 5.48. The van der Waals surface area contributed by atoms with Crippen molar-refractivity contribution < 1.29 is 27.9 Å². The van der Waals surface area contributed by atoms with Gasteiger partial charge in [-0.25, -0.2) is 13.6 Å². The Labute approximate surface area is 198 Å². The molecule has 2 N–H and O–H groups in total. The van der Waals surface area contributed by atoms with E-state index in [1.165, 1.54) is 13.0 Å². The third-order valence-corrected chi connectivity index (χ3v) is 5.59. The highest BCUT2D eigenvalue weighted by Gasteiger charge is 2.49. The summed E-state index contributed by atoms with van der Waals surface area (Å²) in [6.45, 7) is 0.789. The Balaban J connectivity index is 1.40. The van der Waals surface area contributed by atoms with Crippen LogP contribution in [-0.2, 0) is 15.1 Å². The standard InChI is InChI=1S/C24H18ClF2N3O4/c1-24(14-6-11-18(26)19(27)12-14)22(32)30(23(33)29-24)13-21(31)28-15-7-9-16(10-8-15)34-20-5-3-2-4-17(20)25/h2-12H,13H2,1H3,(H,28,31)(H,29,33). The van der Waals surface area contributed by atoms with Crippen molar-refractivity contribution in [3.05, 3.63) is 89.0 Å². The fourth-order valence-electron chi connectivity index (χ4n) is 3.45. The monoisotopic (exact) mass is 485 g/mol. The minimum absolute atomic E-state index is 0.0572. The fraction of sp³-hybridized carbons (Fsp3) is 0.125. The normalized spacial score (nSPS) is 17.5. The van der Waals surface area contributed by atoms with Gasteiger partial charge < -0.3 is 15.4 Å². The maximum absolute atomic E-state index is 13.7. The Bertz CT molecular complexity index is 1290. The second kappa shape index (κ2) is 9.11. The van der Waals surface area contributed by atoms with E-state index in [1.807, 2.05) is 0 Å². The summed E-state index contributed by atoms with van der Waals surface area (Å²) in [6, 6.07) is 15.4. The summed E-state index contributed by atoms with van der Waals surface area (Å²) in [6.07, 6.45) is 0. The lowest BCUT2D eigenvalue weighted by Gasteiger charge is -2.22. The molecule has 0 aromatic heterocycles. The van der Waals surface area contributed by atoms with Crippen LogP contribution in [0.4, 0.5) is 19.3 Å². The molecule has 1 fully saturated rings. The van der Waals surface area contributed by atoms with Crippen LogP contribution in [-0.4, -0.2) is 29.3 Å². The van der Waals surface area contributed by atoms with Gasteiger partial charge in [-0.3, -0.25) is 14.5 Å². The largest absolute Gasteiger partial charge is 0.456 e. The van der Waals surface area contributed by atoms with Crippen molar-refractivity contribution in [1.29, 1.82) is 0 Å². The van der Waals surface area contributed by atoms with Crippen LogP contribution in [0, 0.1) is 11.6 Å². The van der Waals surface area contributed by atoms with Crippen molar-refractivity contribution >= 4 is 35.1 Å². The number of carbonyl (C=O) groups is 3. The Kier molecular flexibility index (Phi) is 6.21. The van der Waals surface area contributed by atoms with E-state index in [4.69, 9.17) is 16.3 Å². The number of amides is 4. The molecule has 0 aliphatic carbocycles. The second-order valence-corrected chi connectivity index (χ2v) is 8.09. The third kappa shape index (κ3) is 4.55. The molecular weight excluding hydrogens is 468 g/mol. The van der Waals surface area contributed by atoms with E-state index < -0.39 is 41.6 Å². The number of halogens is 3. The molecule has 3 aromatic rings. The van der Waals surface area contributed by atoms with E-state index in [2.05, 4.69) is 10.6 Å². The van der Waals surface area contributed by atoms with E-state index in [1.54, 1.807) is 48.5 Å². The number of imide groups is 1. The van der Waals surface area contributed by atoms with Gasteiger partial charge in [-0.2, -0.15) is 0 Å². The number of carbonyl (C=O) groups excluding carboxylic acids is 3. The number of urea groups is 1. The van der Waals surface area contributed by atoms with Gasteiger partial charge in [-0.15, -0.1) is 0 Å². The average Bonchev–Trinajstić information content (AvgIpc) is 3.02. The summed E-state index contributed by atoms with van der Waals surface area (Å²) in [4.78, 5) is 38.5. The van der Waals surface area contributed by atoms with Gasteiger partial charge in [-0.1, -0.05) is 29.8 Å². The molecule has 0 spiro atoms. The Morgan fingerprint density at radius 1 is 1.06 bits per heavy atom. The molecule has 1 aliphatic rings. The zero-order valence-electron chi connectivity index (χ0n) is 17.8. The van der Waals surface area contributed by atoms with Crippen LogP contribution >= 0.6 is 11.6 Å². The minimum Gasteiger partial charge on any atom is -0.456 e. The van der Waals surface area contributed by atoms with Gasteiger partial charge >= 0.3 is 6.03 Å². The minimum atomic E-state index is -1.64. The zero-order chi connectivity index (χ0) is 24.5. The van der Waals surface area contributed by atoms with Crippen molar-refractivity contribution in [2.75, 3.05) is 11.9 Å². The van der Waals surface area contributed by atoms with Gasteiger partial charge in [0, 0.05) is 5.69 Å². The van der Waals surface area contributed by atoms with Crippen molar-refractivity contribution in [3.63, 3.8) is 0 Å². The molecule has 1 saturated heterocycles. The maximum Gasteiger partial charge on any atom is 0.325 e. The summed E-state index contributed by atoms with van der Waals surface area (Å²) in [5.41, 5.74) is -1.17. The van der Waals surface area contributed by atoms with Crippen LogP contribution in [0.2, 0.25) is 5.02 Å². The summed E-state index contributed by atoms with van der Waals surface area (Å²) < 4.78 is 32.6. The van der Waals surface area contributed by atoms with E-state index in [0.29, 0.717) is 27.1 Å². The molecule has 1 heterocycles. The molecule has 10 heteroatoms. The first-order valence-corrected chi connectivity index (χ1v) is 10.5. The number of ether oxygens (including phenoxy) is 1. The molecular formula is C24H18ClF2N3O4. The number of nitrogens with one attached hydrogen (secondary N) is 2. The maximum atomic E-state index is 13.7. The lowest BCUT2D eigenvalue weighted by atomic mass is 9.92. The van der Waals surface area contributed by atoms with Crippen LogP contribution in [0.5, 0.6) is 11.5 Å². The van der Waals surface area contributed by atoms with E-state index >= 15 is 0 Å². The SMILES string of the molecule is CC1(c2ccc(F)c(F)c2)NC(=O)N(CC(=O)Nc2ccc(Oc3ccccc3Cl)cc2)C1=O. The zero-order valence-corrected chi connectivity index (χ0v) is 18.5. The van der Waals surface area contributed by atoms with Crippen molar-refractivity contribution in [2.45, 2.75) is 12.5 Å². The van der Waals surface area contributed by atoms with Crippen LogP contribution in [0.25, 0.3) is 0 Å². The molecule has 1 atom stereocenters. The number of rotatable bonds is 6. The van der Waals surface area contributed by atoms with E-state index in [-0.39, 0.29) is 5.56 Å². The predicted octanol–water partition coefficient (Wildman–Crippen LogP) is 4.82. The molecule has 0 saturated carbocycles. The number of hydrogen-bond donors (Lipinski definition) is 2.